The molecule has 1 aromatic rings. The summed E-state index contributed by atoms with van der Waals surface area (Å²) in [5.41, 5.74) is 0.915. The van der Waals surface area contributed by atoms with Gasteiger partial charge in [-0.25, -0.2) is 0 Å². The lowest BCUT2D eigenvalue weighted by Gasteiger charge is -2.05. The summed E-state index contributed by atoms with van der Waals surface area (Å²) in [4.78, 5) is 10.6. The Kier molecular flexibility index (Phi) is 9.55. The molecule has 0 heterocycles. The molecule has 0 unspecified atom stereocenters. The highest BCUT2D eigenvalue weighted by Gasteiger charge is 1.99. The Labute approximate surface area is 109 Å². The molecule has 0 saturated heterocycles. The monoisotopic (exact) mass is 256 g/mol. The highest BCUT2D eigenvalue weighted by Crippen LogP contribution is 2.13. The molecule has 0 bridgehead atoms. The van der Waals surface area contributed by atoms with Crippen LogP contribution in [0.1, 0.15) is 39.2 Å². The van der Waals surface area contributed by atoms with Gasteiger partial charge in [0.1, 0.15) is 5.75 Å². The van der Waals surface area contributed by atoms with E-state index in [0.29, 0.717) is 0 Å². The van der Waals surface area contributed by atoms with Crippen molar-refractivity contribution in [2.75, 3.05) is 6.61 Å². The Morgan fingerprint density at radius 1 is 1.24 bits per heavy atom. The molecule has 0 radical (unpaired) electrons. The number of hydrogen-bond donors (Lipinski definition) is 0. The number of carbonyl (C=O) groups is 1. The van der Waals surface area contributed by atoms with Gasteiger partial charge in [-0.2, -0.15) is 0 Å². The van der Waals surface area contributed by atoms with Gasteiger partial charge < -0.3 is 4.74 Å². The minimum atomic E-state index is -0.338. The molecule has 2 nitrogen and oxygen atoms in total. The molecule has 0 spiro atoms. The minimum Gasteiger partial charge on any atom is -0.494 e. The summed E-state index contributed by atoms with van der Waals surface area (Å²) in [5.74, 6) is 0.842. The van der Waals surface area contributed by atoms with Gasteiger partial charge in [-0.15, -0.1) is 0 Å². The topological polar surface area (TPSA) is 26.3 Å². The van der Waals surface area contributed by atoms with E-state index in [0.717, 1.165) is 30.8 Å². The van der Waals surface area contributed by atoms with Crippen molar-refractivity contribution in [3.63, 3.8) is 0 Å². The van der Waals surface area contributed by atoms with Crippen LogP contribution in [-0.4, -0.2) is 11.8 Å². The van der Waals surface area contributed by atoms with Crippen molar-refractivity contribution in [3.8, 4) is 5.75 Å². The van der Waals surface area contributed by atoms with Crippen LogP contribution in [0, 0.1) is 0 Å². The van der Waals surface area contributed by atoms with E-state index < -0.39 is 0 Å². The zero-order valence-corrected chi connectivity index (χ0v) is 11.6. The fraction of sp³-hybridized carbons (Fsp3) is 0.500. The van der Waals surface area contributed by atoms with Gasteiger partial charge in [0.05, 0.1) is 6.61 Å². The highest BCUT2D eigenvalue weighted by atomic mass is 35.5. The zero-order chi connectivity index (χ0) is 13.1. The van der Waals surface area contributed by atoms with Gasteiger partial charge in [-0.05, 0) is 35.7 Å². The second-order valence-corrected chi connectivity index (χ2v) is 3.80. The van der Waals surface area contributed by atoms with Crippen LogP contribution in [0.25, 0.3) is 0 Å². The Balaban J connectivity index is 0.00000121. The van der Waals surface area contributed by atoms with Crippen LogP contribution in [0.4, 0.5) is 0 Å². The van der Waals surface area contributed by atoms with Crippen molar-refractivity contribution in [2.45, 2.75) is 40.0 Å². The molecule has 0 N–H and O–H groups in total. The number of unbranched alkanes of at least 4 members (excludes halogenated alkanes) is 1. The molecule has 0 aromatic heterocycles. The number of carbonyl (C=O) groups excluding carboxylic acids is 1. The first kappa shape index (κ1) is 16.0. The van der Waals surface area contributed by atoms with Crippen molar-refractivity contribution in [1.82, 2.24) is 0 Å². The second kappa shape index (κ2) is 10.2. The third-order valence-electron chi connectivity index (χ3n) is 2.03. The number of ether oxygens (including phenoxy) is 1. The first-order valence-electron chi connectivity index (χ1n) is 6.12. The van der Waals surface area contributed by atoms with Crippen molar-refractivity contribution in [3.05, 3.63) is 29.8 Å². The molecule has 96 valence electrons. The van der Waals surface area contributed by atoms with E-state index in [1.807, 2.05) is 38.1 Å². The van der Waals surface area contributed by atoms with Gasteiger partial charge in [0.2, 0.25) is 5.24 Å². The van der Waals surface area contributed by atoms with E-state index in [1.165, 1.54) is 0 Å². The molecule has 0 saturated carbocycles. The van der Waals surface area contributed by atoms with Gasteiger partial charge >= 0.3 is 0 Å². The molecule has 0 aliphatic rings. The maximum atomic E-state index is 10.6. The third-order valence-corrected chi connectivity index (χ3v) is 2.17. The predicted molar refractivity (Wildman–Crippen MR) is 72.8 cm³/mol. The molecule has 0 fully saturated rings. The summed E-state index contributed by atoms with van der Waals surface area (Å²) >= 11 is 5.28. The minimum absolute atomic E-state index is 0.275. The summed E-state index contributed by atoms with van der Waals surface area (Å²) in [6.45, 7) is 6.86. The van der Waals surface area contributed by atoms with Gasteiger partial charge in [-0.3, -0.25) is 4.79 Å². The SMILES string of the molecule is CC.CCCCOc1ccc(CC(=O)Cl)cc1. The van der Waals surface area contributed by atoms with E-state index >= 15 is 0 Å². The second-order valence-electron chi connectivity index (χ2n) is 3.38. The third kappa shape index (κ3) is 7.81. The van der Waals surface area contributed by atoms with E-state index in [1.54, 1.807) is 0 Å². The molecular formula is C14H21ClO2. The molecular weight excluding hydrogens is 236 g/mol. The van der Waals surface area contributed by atoms with Gasteiger partial charge in [0.25, 0.3) is 0 Å². The molecule has 0 aliphatic carbocycles. The molecule has 1 rings (SSSR count). The van der Waals surface area contributed by atoms with Crippen molar-refractivity contribution in [1.29, 1.82) is 0 Å². The van der Waals surface area contributed by atoms with Crippen LogP contribution in [-0.2, 0) is 11.2 Å². The van der Waals surface area contributed by atoms with E-state index in [4.69, 9.17) is 16.3 Å². The summed E-state index contributed by atoms with van der Waals surface area (Å²) in [7, 11) is 0. The Morgan fingerprint density at radius 2 is 1.82 bits per heavy atom. The van der Waals surface area contributed by atoms with Crippen LogP contribution < -0.4 is 4.74 Å². The zero-order valence-electron chi connectivity index (χ0n) is 10.8. The van der Waals surface area contributed by atoms with Gasteiger partial charge in [-0.1, -0.05) is 39.3 Å². The molecule has 0 atom stereocenters. The van der Waals surface area contributed by atoms with Crippen LogP contribution in [0.3, 0.4) is 0 Å². The lowest BCUT2D eigenvalue weighted by atomic mass is 10.2. The Morgan fingerprint density at radius 3 is 2.29 bits per heavy atom. The van der Waals surface area contributed by atoms with Gasteiger partial charge in [0, 0.05) is 6.42 Å². The Hall–Kier alpha value is -1.02. The summed E-state index contributed by atoms with van der Waals surface area (Å²) < 4.78 is 5.49. The number of halogens is 1. The summed E-state index contributed by atoms with van der Waals surface area (Å²) in [5, 5.41) is -0.338. The lowest BCUT2D eigenvalue weighted by Crippen LogP contribution is -1.97. The maximum absolute atomic E-state index is 10.6. The molecule has 1 aromatic carbocycles. The molecule has 0 aliphatic heterocycles. The molecule has 0 amide bonds. The fourth-order valence-corrected chi connectivity index (χ4v) is 1.35. The van der Waals surface area contributed by atoms with Crippen molar-refractivity contribution < 1.29 is 9.53 Å². The largest absolute Gasteiger partial charge is 0.494 e. The quantitative estimate of drug-likeness (QED) is 0.563. The first-order chi connectivity index (χ1) is 8.22. The van der Waals surface area contributed by atoms with Crippen LogP contribution in [0.5, 0.6) is 5.75 Å². The maximum Gasteiger partial charge on any atom is 0.226 e. The average molecular weight is 257 g/mol. The normalized spacial score (nSPS) is 9.18. The highest BCUT2D eigenvalue weighted by molar-refractivity contribution is 6.63. The number of benzene rings is 1. The number of hydrogen-bond acceptors (Lipinski definition) is 2. The van der Waals surface area contributed by atoms with Crippen LogP contribution >= 0.6 is 11.6 Å². The molecule has 3 heteroatoms. The van der Waals surface area contributed by atoms with Crippen LogP contribution in [0.15, 0.2) is 24.3 Å². The lowest BCUT2D eigenvalue weighted by molar-refractivity contribution is -0.111. The van der Waals surface area contributed by atoms with E-state index in [-0.39, 0.29) is 11.7 Å². The standard InChI is InChI=1S/C12H15ClO2.C2H6/c1-2-3-8-15-11-6-4-10(5-7-11)9-12(13)14;1-2/h4-7H,2-3,8-9H2,1H3;1-2H3. The summed E-state index contributed by atoms with van der Waals surface area (Å²) in [6, 6.07) is 7.46. The fourth-order valence-electron chi connectivity index (χ4n) is 1.20. The van der Waals surface area contributed by atoms with E-state index in [2.05, 4.69) is 6.92 Å². The average Bonchev–Trinajstić information content (AvgIpc) is 2.34. The molecule has 17 heavy (non-hydrogen) atoms. The Bertz CT molecular complexity index is 307. The number of rotatable bonds is 6. The van der Waals surface area contributed by atoms with E-state index in [9.17, 15) is 4.79 Å². The predicted octanol–water partition coefficient (Wildman–Crippen LogP) is 4.20. The first-order valence-corrected chi connectivity index (χ1v) is 6.50. The van der Waals surface area contributed by atoms with Crippen molar-refractivity contribution >= 4 is 16.8 Å². The van der Waals surface area contributed by atoms with Crippen molar-refractivity contribution in [2.24, 2.45) is 0 Å². The summed E-state index contributed by atoms with van der Waals surface area (Å²) in [6.07, 6.45) is 2.46. The van der Waals surface area contributed by atoms with Gasteiger partial charge in [0.15, 0.2) is 0 Å². The van der Waals surface area contributed by atoms with Crippen LogP contribution in [0.2, 0.25) is 0 Å². The smallest absolute Gasteiger partial charge is 0.226 e.